The average molecular weight is 287 g/mol. The van der Waals surface area contributed by atoms with E-state index in [9.17, 15) is 0 Å². The molecule has 2 rings (SSSR count). The van der Waals surface area contributed by atoms with Crippen molar-refractivity contribution in [3.8, 4) is 5.75 Å². The fourth-order valence-electron chi connectivity index (χ4n) is 2.33. The van der Waals surface area contributed by atoms with Gasteiger partial charge in [-0.1, -0.05) is 25.1 Å². The molecule has 1 atom stereocenters. The van der Waals surface area contributed by atoms with Crippen molar-refractivity contribution in [3.63, 3.8) is 0 Å². The Morgan fingerprint density at radius 3 is 2.86 bits per heavy atom. The van der Waals surface area contributed by atoms with E-state index in [1.54, 1.807) is 0 Å². The van der Waals surface area contributed by atoms with Crippen LogP contribution >= 0.6 is 0 Å². The summed E-state index contributed by atoms with van der Waals surface area (Å²) in [5.41, 5.74) is 1.21. The fourth-order valence-corrected chi connectivity index (χ4v) is 2.33. The van der Waals surface area contributed by atoms with Crippen LogP contribution in [0.3, 0.4) is 0 Å². The highest BCUT2D eigenvalue weighted by Gasteiger charge is 2.10. The molecule has 4 nitrogen and oxygen atoms in total. The number of para-hydroxylation sites is 1. The lowest BCUT2D eigenvalue weighted by Gasteiger charge is -2.18. The largest absolute Gasteiger partial charge is 0.493 e. The van der Waals surface area contributed by atoms with Crippen molar-refractivity contribution in [3.05, 3.63) is 48.0 Å². The first-order valence-electron chi connectivity index (χ1n) is 7.63. The van der Waals surface area contributed by atoms with E-state index >= 15 is 0 Å². The van der Waals surface area contributed by atoms with Gasteiger partial charge in [-0.05, 0) is 26.0 Å². The molecule has 0 fully saturated rings. The van der Waals surface area contributed by atoms with Crippen LogP contribution in [0.5, 0.6) is 5.75 Å². The van der Waals surface area contributed by atoms with Crippen LogP contribution in [0.4, 0.5) is 0 Å². The molecule has 0 aliphatic rings. The Bertz CT molecular complexity index is 550. The van der Waals surface area contributed by atoms with Gasteiger partial charge in [-0.3, -0.25) is 0 Å². The molecule has 0 aliphatic carbocycles. The highest BCUT2D eigenvalue weighted by atomic mass is 16.5. The number of hydrogen-bond donors (Lipinski definition) is 1. The third-order valence-electron chi connectivity index (χ3n) is 3.59. The fraction of sp³-hybridized carbons (Fsp3) is 0.471. The second-order valence-electron chi connectivity index (χ2n) is 5.27. The highest BCUT2D eigenvalue weighted by molar-refractivity contribution is 5.35. The van der Waals surface area contributed by atoms with Crippen LogP contribution in [0.1, 0.15) is 37.7 Å². The number of nitrogens with zero attached hydrogens (tertiary/aromatic N) is 2. The Balaban J connectivity index is 1.95. The Morgan fingerprint density at radius 2 is 2.14 bits per heavy atom. The Morgan fingerprint density at radius 1 is 1.33 bits per heavy atom. The summed E-state index contributed by atoms with van der Waals surface area (Å²) >= 11 is 0. The SMILES string of the molecule is CCCNC(C)c1ccccc1OCCc1nccn1C. The van der Waals surface area contributed by atoms with E-state index in [4.69, 9.17) is 4.74 Å². The number of aromatic nitrogens is 2. The first-order chi connectivity index (χ1) is 10.2. The van der Waals surface area contributed by atoms with Crippen molar-refractivity contribution in [2.24, 2.45) is 7.05 Å². The minimum absolute atomic E-state index is 0.300. The molecular weight excluding hydrogens is 262 g/mol. The summed E-state index contributed by atoms with van der Waals surface area (Å²) in [5.74, 6) is 2.01. The van der Waals surface area contributed by atoms with Gasteiger partial charge >= 0.3 is 0 Å². The van der Waals surface area contributed by atoms with Gasteiger partial charge in [-0.25, -0.2) is 4.98 Å². The summed E-state index contributed by atoms with van der Waals surface area (Å²) in [4.78, 5) is 4.32. The summed E-state index contributed by atoms with van der Waals surface area (Å²) < 4.78 is 8.00. The van der Waals surface area contributed by atoms with Gasteiger partial charge in [0.1, 0.15) is 11.6 Å². The van der Waals surface area contributed by atoms with Crippen LogP contribution < -0.4 is 10.1 Å². The predicted octanol–water partition coefficient (Wildman–Crippen LogP) is 3.10. The molecule has 1 N–H and O–H groups in total. The first-order valence-corrected chi connectivity index (χ1v) is 7.63. The van der Waals surface area contributed by atoms with Gasteiger partial charge in [0.25, 0.3) is 0 Å². The lowest BCUT2D eigenvalue weighted by molar-refractivity contribution is 0.311. The number of aryl methyl sites for hydroxylation is 1. The summed E-state index contributed by atoms with van der Waals surface area (Å²) in [6.07, 6.45) is 5.72. The highest BCUT2D eigenvalue weighted by Crippen LogP contribution is 2.24. The smallest absolute Gasteiger partial charge is 0.124 e. The zero-order valence-corrected chi connectivity index (χ0v) is 13.2. The minimum atomic E-state index is 0.300. The predicted molar refractivity (Wildman–Crippen MR) is 85.6 cm³/mol. The molecule has 4 heteroatoms. The van der Waals surface area contributed by atoms with Crippen LogP contribution in [-0.2, 0) is 13.5 Å². The van der Waals surface area contributed by atoms with E-state index < -0.39 is 0 Å². The molecule has 0 aliphatic heterocycles. The average Bonchev–Trinajstić information content (AvgIpc) is 2.91. The summed E-state index contributed by atoms with van der Waals surface area (Å²) in [6, 6.07) is 8.55. The van der Waals surface area contributed by atoms with Gasteiger partial charge < -0.3 is 14.6 Å². The summed E-state index contributed by atoms with van der Waals surface area (Å²) in [5, 5.41) is 3.51. The van der Waals surface area contributed by atoms with Crippen LogP contribution in [-0.4, -0.2) is 22.7 Å². The molecule has 0 saturated heterocycles. The third kappa shape index (κ3) is 4.33. The van der Waals surface area contributed by atoms with Crippen LogP contribution in [0.2, 0.25) is 0 Å². The van der Waals surface area contributed by atoms with E-state index in [0.717, 1.165) is 31.0 Å². The Labute approximate surface area is 127 Å². The van der Waals surface area contributed by atoms with E-state index in [1.807, 2.05) is 36.1 Å². The van der Waals surface area contributed by atoms with E-state index in [1.165, 1.54) is 5.56 Å². The topological polar surface area (TPSA) is 39.1 Å². The molecular formula is C17H25N3O. The maximum Gasteiger partial charge on any atom is 0.124 e. The van der Waals surface area contributed by atoms with Gasteiger partial charge in [-0.15, -0.1) is 0 Å². The molecule has 0 saturated carbocycles. The summed E-state index contributed by atoms with van der Waals surface area (Å²) in [7, 11) is 2.01. The van der Waals surface area contributed by atoms with Crippen molar-refractivity contribution in [1.29, 1.82) is 0 Å². The normalized spacial score (nSPS) is 12.3. The van der Waals surface area contributed by atoms with Crippen molar-refractivity contribution in [2.75, 3.05) is 13.2 Å². The van der Waals surface area contributed by atoms with Gasteiger partial charge in [0.05, 0.1) is 6.61 Å². The number of nitrogens with one attached hydrogen (secondary N) is 1. The van der Waals surface area contributed by atoms with Crippen LogP contribution in [0, 0.1) is 0 Å². The van der Waals surface area contributed by atoms with E-state index in [-0.39, 0.29) is 0 Å². The molecule has 1 aromatic heterocycles. The quantitative estimate of drug-likeness (QED) is 0.811. The van der Waals surface area contributed by atoms with Crippen molar-refractivity contribution in [1.82, 2.24) is 14.9 Å². The molecule has 114 valence electrons. The maximum absolute atomic E-state index is 5.97. The Kier molecular flexibility index (Phi) is 5.81. The molecule has 2 aromatic rings. The lowest BCUT2D eigenvalue weighted by atomic mass is 10.1. The van der Waals surface area contributed by atoms with Gasteiger partial charge in [-0.2, -0.15) is 0 Å². The monoisotopic (exact) mass is 287 g/mol. The Hall–Kier alpha value is -1.81. The number of rotatable bonds is 8. The zero-order valence-electron chi connectivity index (χ0n) is 13.2. The van der Waals surface area contributed by atoms with Crippen molar-refractivity contribution < 1.29 is 4.74 Å². The molecule has 21 heavy (non-hydrogen) atoms. The van der Waals surface area contributed by atoms with E-state index in [0.29, 0.717) is 12.6 Å². The molecule has 0 spiro atoms. The van der Waals surface area contributed by atoms with Crippen LogP contribution in [0.15, 0.2) is 36.7 Å². The molecule has 0 amide bonds. The molecule has 1 heterocycles. The molecule has 0 bridgehead atoms. The van der Waals surface area contributed by atoms with Crippen LogP contribution in [0.25, 0.3) is 0 Å². The second kappa shape index (κ2) is 7.84. The molecule has 1 unspecified atom stereocenters. The number of hydrogen-bond acceptors (Lipinski definition) is 3. The molecule has 0 radical (unpaired) electrons. The van der Waals surface area contributed by atoms with E-state index in [2.05, 4.69) is 36.3 Å². The van der Waals surface area contributed by atoms with Gasteiger partial charge in [0, 0.05) is 37.5 Å². The first kappa shape index (κ1) is 15.6. The minimum Gasteiger partial charge on any atom is -0.493 e. The number of imidazole rings is 1. The van der Waals surface area contributed by atoms with Gasteiger partial charge in [0.2, 0.25) is 0 Å². The van der Waals surface area contributed by atoms with Crippen molar-refractivity contribution >= 4 is 0 Å². The zero-order chi connectivity index (χ0) is 15.1. The summed E-state index contributed by atoms with van der Waals surface area (Å²) in [6.45, 7) is 6.01. The standard InChI is InChI=1S/C17H25N3O/c1-4-10-18-14(2)15-7-5-6-8-16(15)21-13-9-17-19-11-12-20(17)3/h5-8,11-12,14,18H,4,9-10,13H2,1-3H3. The third-order valence-corrected chi connectivity index (χ3v) is 3.59. The van der Waals surface area contributed by atoms with Crippen molar-refractivity contribution in [2.45, 2.75) is 32.7 Å². The second-order valence-corrected chi connectivity index (χ2v) is 5.27. The molecule has 1 aromatic carbocycles. The maximum atomic E-state index is 5.97. The lowest BCUT2D eigenvalue weighted by Crippen LogP contribution is -2.20. The number of benzene rings is 1. The number of ether oxygens (including phenoxy) is 1. The van der Waals surface area contributed by atoms with Gasteiger partial charge in [0.15, 0.2) is 0 Å².